The molecule has 0 saturated carbocycles. The molecule has 160 valence electrons. The summed E-state index contributed by atoms with van der Waals surface area (Å²) in [4.78, 5) is 22.4. The summed E-state index contributed by atoms with van der Waals surface area (Å²) in [6.07, 6.45) is 0. The fourth-order valence-corrected chi connectivity index (χ4v) is 4.95. The lowest BCUT2D eigenvalue weighted by Gasteiger charge is -2.29. The number of rotatable bonds is 3. The third-order valence-corrected chi connectivity index (χ3v) is 6.39. The van der Waals surface area contributed by atoms with Crippen LogP contribution in [-0.2, 0) is 9.53 Å². The number of halogens is 1. The number of morpholine rings is 1. The van der Waals surface area contributed by atoms with Crippen LogP contribution in [0.4, 0.5) is 10.1 Å². The number of aromatic amines is 1. The minimum Gasteiger partial charge on any atom is -0.378 e. The zero-order valence-electron chi connectivity index (χ0n) is 17.3. The molecule has 7 heteroatoms. The lowest BCUT2D eigenvalue weighted by atomic mass is 9.95. The summed E-state index contributed by atoms with van der Waals surface area (Å²) < 4.78 is 20.3. The number of amides is 1. The number of aromatic nitrogens is 2. The van der Waals surface area contributed by atoms with Gasteiger partial charge in [-0.3, -0.25) is 4.79 Å². The fraction of sp³-hybridized carbons (Fsp3) is 0.200. The predicted molar refractivity (Wildman–Crippen MR) is 121 cm³/mol. The molecule has 0 spiro atoms. The molecule has 6 nitrogen and oxygen atoms in total. The number of anilines is 1. The van der Waals surface area contributed by atoms with Gasteiger partial charge in [-0.1, -0.05) is 42.5 Å². The Morgan fingerprint density at radius 1 is 1.06 bits per heavy atom. The van der Waals surface area contributed by atoms with E-state index in [4.69, 9.17) is 15.5 Å². The van der Waals surface area contributed by atoms with E-state index in [1.165, 1.54) is 6.07 Å². The van der Waals surface area contributed by atoms with Crippen molar-refractivity contribution in [3.05, 3.63) is 71.5 Å². The van der Waals surface area contributed by atoms with Crippen LogP contribution in [0.1, 0.15) is 17.0 Å². The lowest BCUT2D eigenvalue weighted by Crippen LogP contribution is -2.36. The first kappa shape index (κ1) is 19.0. The minimum atomic E-state index is -0.490. The average molecular weight is 428 g/mol. The number of benzene rings is 3. The largest absolute Gasteiger partial charge is 0.378 e. The van der Waals surface area contributed by atoms with Crippen molar-refractivity contribution in [3.63, 3.8) is 0 Å². The quantitative estimate of drug-likeness (QED) is 0.520. The number of nitrogens with zero attached hydrogens (tertiary/aromatic N) is 2. The monoisotopic (exact) mass is 428 g/mol. The van der Waals surface area contributed by atoms with Gasteiger partial charge in [0.1, 0.15) is 11.6 Å². The summed E-state index contributed by atoms with van der Waals surface area (Å²) in [5.74, 6) is -0.520. The second-order valence-corrected chi connectivity index (χ2v) is 8.20. The van der Waals surface area contributed by atoms with Crippen molar-refractivity contribution >= 4 is 22.6 Å². The fourth-order valence-electron chi connectivity index (χ4n) is 4.95. The van der Waals surface area contributed by atoms with Crippen LogP contribution in [0.5, 0.6) is 0 Å². The number of primary amides is 1. The van der Waals surface area contributed by atoms with Crippen LogP contribution < -0.4 is 10.6 Å². The van der Waals surface area contributed by atoms with E-state index in [-0.39, 0.29) is 11.7 Å². The minimum absolute atomic E-state index is 0.285. The number of fused-ring (bicyclic) bond motifs is 4. The summed E-state index contributed by atoms with van der Waals surface area (Å²) in [7, 11) is 0. The van der Waals surface area contributed by atoms with Crippen LogP contribution in [0.25, 0.3) is 33.5 Å². The van der Waals surface area contributed by atoms with Crippen LogP contribution in [0.2, 0.25) is 0 Å². The molecule has 3 aromatic carbocycles. The molecule has 0 radical (unpaired) electrons. The third kappa shape index (κ3) is 2.81. The van der Waals surface area contributed by atoms with Crippen molar-refractivity contribution < 1.29 is 13.9 Å². The van der Waals surface area contributed by atoms with Gasteiger partial charge in [-0.05, 0) is 28.3 Å². The van der Waals surface area contributed by atoms with Gasteiger partial charge in [-0.2, -0.15) is 0 Å². The van der Waals surface area contributed by atoms with Gasteiger partial charge in [0.25, 0.3) is 0 Å². The first-order valence-corrected chi connectivity index (χ1v) is 10.7. The molecule has 1 amide bonds. The molecule has 0 unspecified atom stereocenters. The molecule has 1 saturated heterocycles. The number of hydrogen-bond acceptors (Lipinski definition) is 4. The van der Waals surface area contributed by atoms with E-state index < -0.39 is 5.92 Å². The van der Waals surface area contributed by atoms with Gasteiger partial charge < -0.3 is 20.4 Å². The second-order valence-electron chi connectivity index (χ2n) is 8.20. The molecule has 32 heavy (non-hydrogen) atoms. The van der Waals surface area contributed by atoms with Crippen LogP contribution in [0.15, 0.2) is 54.6 Å². The number of carbonyl (C=O) groups is 1. The second kappa shape index (κ2) is 7.17. The highest BCUT2D eigenvalue weighted by Crippen LogP contribution is 2.48. The summed E-state index contributed by atoms with van der Waals surface area (Å²) in [6, 6.07) is 16.9. The molecule has 1 aliphatic carbocycles. The van der Waals surface area contributed by atoms with Gasteiger partial charge in [0, 0.05) is 24.7 Å². The summed E-state index contributed by atoms with van der Waals surface area (Å²) in [5, 5.41) is 0. The van der Waals surface area contributed by atoms with Crippen molar-refractivity contribution in [3.8, 4) is 22.5 Å². The van der Waals surface area contributed by atoms with Crippen LogP contribution in [0, 0.1) is 5.82 Å². The van der Waals surface area contributed by atoms with Gasteiger partial charge >= 0.3 is 0 Å². The Kier molecular flexibility index (Phi) is 4.26. The van der Waals surface area contributed by atoms with Crippen molar-refractivity contribution in [2.45, 2.75) is 5.92 Å². The van der Waals surface area contributed by atoms with Gasteiger partial charge in [0.05, 0.1) is 35.9 Å². The molecule has 2 aliphatic rings. The third-order valence-electron chi connectivity index (χ3n) is 6.39. The Balaban J connectivity index is 1.51. The standard InChI is InChI=1S/C25H21FN4O2/c26-18-12-19-20(13-21(18)30-8-10-32-11-9-30)29-25(28-19)17-7-3-6-16-22(17)14-4-1-2-5-15(14)23(16)24(27)31/h1-7,12-13,23H,8-11H2,(H2,27,31)(H,28,29)/t23-/m1/s1. The van der Waals surface area contributed by atoms with E-state index in [1.54, 1.807) is 6.07 Å². The van der Waals surface area contributed by atoms with Gasteiger partial charge in [-0.25, -0.2) is 9.37 Å². The van der Waals surface area contributed by atoms with E-state index in [9.17, 15) is 9.18 Å². The SMILES string of the molecule is NC(=O)[C@@H]1c2ccccc2-c2c(-c3nc4cc(N5CCOCC5)c(F)cc4[nH]3)cccc21. The molecule has 2 heterocycles. The van der Waals surface area contributed by atoms with E-state index in [2.05, 4.69) is 4.98 Å². The smallest absolute Gasteiger partial charge is 0.229 e. The van der Waals surface area contributed by atoms with Crippen molar-refractivity contribution in [1.82, 2.24) is 9.97 Å². The number of carbonyl (C=O) groups excluding carboxylic acids is 1. The van der Waals surface area contributed by atoms with Gasteiger partial charge in [0.15, 0.2) is 0 Å². The maximum absolute atomic E-state index is 14.9. The molecule has 6 rings (SSSR count). The molecule has 1 aliphatic heterocycles. The molecule has 1 fully saturated rings. The Bertz CT molecular complexity index is 1370. The van der Waals surface area contributed by atoms with Crippen LogP contribution in [-0.4, -0.2) is 42.2 Å². The van der Waals surface area contributed by atoms with E-state index in [0.717, 1.165) is 27.8 Å². The molecule has 0 bridgehead atoms. The molecule has 1 aromatic heterocycles. The highest BCUT2D eigenvalue weighted by atomic mass is 19.1. The topological polar surface area (TPSA) is 84.2 Å². The molecular formula is C25H21FN4O2. The van der Waals surface area contributed by atoms with Crippen LogP contribution in [0.3, 0.4) is 0 Å². The van der Waals surface area contributed by atoms with E-state index >= 15 is 0 Å². The Labute approximate surface area is 183 Å². The van der Waals surface area contributed by atoms with E-state index in [1.807, 2.05) is 47.4 Å². The number of nitrogens with two attached hydrogens (primary N) is 1. The number of H-pyrrole nitrogens is 1. The summed E-state index contributed by atoms with van der Waals surface area (Å²) in [5.41, 5.74) is 12.2. The highest BCUT2D eigenvalue weighted by Gasteiger charge is 2.34. The molecular weight excluding hydrogens is 407 g/mol. The van der Waals surface area contributed by atoms with Crippen molar-refractivity contribution in [1.29, 1.82) is 0 Å². The number of imidazole rings is 1. The number of nitrogens with one attached hydrogen (secondary N) is 1. The zero-order valence-corrected chi connectivity index (χ0v) is 17.3. The predicted octanol–water partition coefficient (Wildman–Crippen LogP) is 3.80. The Morgan fingerprint density at radius 3 is 2.62 bits per heavy atom. The molecule has 4 aromatic rings. The number of ether oxygens (including phenoxy) is 1. The van der Waals surface area contributed by atoms with Crippen molar-refractivity contribution in [2.24, 2.45) is 5.73 Å². The average Bonchev–Trinajstić information content (AvgIpc) is 3.37. The maximum Gasteiger partial charge on any atom is 0.229 e. The van der Waals surface area contributed by atoms with Crippen LogP contribution >= 0.6 is 0 Å². The first-order chi connectivity index (χ1) is 15.6. The normalized spacial score (nSPS) is 17.4. The van der Waals surface area contributed by atoms with Crippen molar-refractivity contribution in [2.75, 3.05) is 31.2 Å². The maximum atomic E-state index is 14.9. The zero-order chi connectivity index (χ0) is 21.8. The summed E-state index contributed by atoms with van der Waals surface area (Å²) in [6.45, 7) is 2.47. The highest BCUT2D eigenvalue weighted by molar-refractivity contribution is 6.00. The Morgan fingerprint density at radius 2 is 1.81 bits per heavy atom. The molecule has 3 N–H and O–H groups in total. The number of hydrogen-bond donors (Lipinski definition) is 2. The first-order valence-electron chi connectivity index (χ1n) is 10.7. The van der Waals surface area contributed by atoms with Gasteiger partial charge in [-0.15, -0.1) is 0 Å². The lowest BCUT2D eigenvalue weighted by molar-refractivity contribution is -0.118. The Hall–Kier alpha value is -3.71. The van der Waals surface area contributed by atoms with E-state index in [0.29, 0.717) is 48.8 Å². The summed E-state index contributed by atoms with van der Waals surface area (Å²) >= 11 is 0. The molecule has 1 atom stereocenters. The van der Waals surface area contributed by atoms with Gasteiger partial charge in [0.2, 0.25) is 5.91 Å².